The first kappa shape index (κ1) is 20.7. The van der Waals surface area contributed by atoms with Gasteiger partial charge >= 0.3 is 0 Å². The first-order valence-corrected chi connectivity index (χ1v) is 9.68. The van der Waals surface area contributed by atoms with E-state index in [1.54, 1.807) is 29.2 Å². The van der Waals surface area contributed by atoms with Crippen LogP contribution in [0.5, 0.6) is 0 Å². The molecule has 1 heterocycles. The number of carbonyl (C=O) groups is 1. The number of piperidine rings is 1. The summed E-state index contributed by atoms with van der Waals surface area (Å²) in [6.07, 6.45) is 2.35. The Labute approximate surface area is 150 Å². The number of benzene rings is 1. The molecule has 136 valence electrons. The SMILES string of the molecule is CCCS(=O)(=O)Nc1ccccc1C(=O)N1CCC(NC)CC1.Cl. The molecule has 6 nitrogen and oxygen atoms in total. The van der Waals surface area contributed by atoms with Gasteiger partial charge in [-0.1, -0.05) is 19.1 Å². The van der Waals surface area contributed by atoms with Crippen LogP contribution in [0, 0.1) is 0 Å². The van der Waals surface area contributed by atoms with E-state index in [1.165, 1.54) is 0 Å². The molecule has 0 atom stereocenters. The van der Waals surface area contributed by atoms with E-state index < -0.39 is 10.0 Å². The molecule has 0 bridgehead atoms. The van der Waals surface area contributed by atoms with Gasteiger partial charge in [0.15, 0.2) is 0 Å². The second-order valence-electron chi connectivity index (χ2n) is 5.82. The minimum Gasteiger partial charge on any atom is -0.338 e. The molecule has 0 saturated carbocycles. The Bertz CT molecular complexity index is 644. The standard InChI is InChI=1S/C16H25N3O3S.ClH/c1-3-12-23(21,22)18-15-7-5-4-6-14(15)16(20)19-10-8-13(17-2)9-11-19;/h4-7,13,17-18H,3,8-12H2,1-2H3;1H. The Morgan fingerprint density at radius 2 is 1.88 bits per heavy atom. The molecule has 2 rings (SSSR count). The Hall–Kier alpha value is -1.31. The van der Waals surface area contributed by atoms with Gasteiger partial charge in [0.05, 0.1) is 17.0 Å². The molecule has 0 spiro atoms. The van der Waals surface area contributed by atoms with E-state index in [0.717, 1.165) is 12.8 Å². The third-order valence-corrected chi connectivity index (χ3v) is 5.56. The fraction of sp³-hybridized carbons (Fsp3) is 0.562. The molecule has 8 heteroatoms. The summed E-state index contributed by atoms with van der Waals surface area (Å²) in [5, 5.41) is 3.23. The number of hydrogen-bond acceptors (Lipinski definition) is 4. The zero-order valence-corrected chi connectivity index (χ0v) is 15.8. The van der Waals surface area contributed by atoms with E-state index >= 15 is 0 Å². The van der Waals surface area contributed by atoms with Gasteiger partial charge in [0.25, 0.3) is 5.91 Å². The number of carbonyl (C=O) groups excluding carboxylic acids is 1. The molecule has 1 amide bonds. The largest absolute Gasteiger partial charge is 0.338 e. The summed E-state index contributed by atoms with van der Waals surface area (Å²) in [6.45, 7) is 3.17. The maximum absolute atomic E-state index is 12.7. The average Bonchev–Trinajstić information content (AvgIpc) is 2.54. The number of sulfonamides is 1. The van der Waals surface area contributed by atoms with Gasteiger partial charge in [0, 0.05) is 19.1 Å². The molecular weight excluding hydrogens is 350 g/mol. The summed E-state index contributed by atoms with van der Waals surface area (Å²) >= 11 is 0. The van der Waals surface area contributed by atoms with Crippen LogP contribution in [0.2, 0.25) is 0 Å². The molecule has 0 aromatic heterocycles. The van der Waals surface area contributed by atoms with Crippen molar-refractivity contribution in [1.29, 1.82) is 0 Å². The third kappa shape index (κ3) is 5.36. The van der Waals surface area contributed by atoms with Crippen molar-refractivity contribution < 1.29 is 13.2 Å². The van der Waals surface area contributed by atoms with Crippen molar-refractivity contribution in [3.8, 4) is 0 Å². The molecular formula is C16H26ClN3O3S. The molecule has 0 aliphatic carbocycles. The lowest BCUT2D eigenvalue weighted by molar-refractivity contribution is 0.0708. The highest BCUT2D eigenvalue weighted by Crippen LogP contribution is 2.21. The van der Waals surface area contributed by atoms with E-state index in [2.05, 4.69) is 10.0 Å². The fourth-order valence-electron chi connectivity index (χ4n) is 2.79. The molecule has 0 radical (unpaired) electrons. The van der Waals surface area contributed by atoms with Crippen molar-refractivity contribution in [2.75, 3.05) is 30.6 Å². The summed E-state index contributed by atoms with van der Waals surface area (Å²) in [6, 6.07) is 7.24. The second kappa shape index (κ2) is 9.25. The molecule has 1 saturated heterocycles. The number of nitrogens with zero attached hydrogens (tertiary/aromatic N) is 1. The minimum absolute atomic E-state index is 0. The van der Waals surface area contributed by atoms with Crippen molar-refractivity contribution in [1.82, 2.24) is 10.2 Å². The quantitative estimate of drug-likeness (QED) is 0.797. The summed E-state index contributed by atoms with van der Waals surface area (Å²) in [7, 11) is -1.48. The maximum atomic E-state index is 12.7. The van der Waals surface area contributed by atoms with E-state index in [1.807, 2.05) is 14.0 Å². The summed E-state index contributed by atoms with van der Waals surface area (Å²) in [4.78, 5) is 14.5. The highest BCUT2D eigenvalue weighted by atomic mass is 35.5. The Balaban J connectivity index is 0.00000288. The molecule has 24 heavy (non-hydrogen) atoms. The van der Waals surface area contributed by atoms with Gasteiger partial charge in [-0.3, -0.25) is 9.52 Å². The number of hydrogen-bond donors (Lipinski definition) is 2. The Morgan fingerprint density at radius 3 is 2.46 bits per heavy atom. The van der Waals surface area contributed by atoms with Crippen LogP contribution in [0.3, 0.4) is 0 Å². The topological polar surface area (TPSA) is 78.5 Å². The van der Waals surface area contributed by atoms with Crippen molar-refractivity contribution in [2.24, 2.45) is 0 Å². The van der Waals surface area contributed by atoms with Crippen LogP contribution in [0.4, 0.5) is 5.69 Å². The minimum atomic E-state index is -3.41. The highest BCUT2D eigenvalue weighted by molar-refractivity contribution is 7.92. The fourth-order valence-corrected chi connectivity index (χ4v) is 3.94. The first-order valence-electron chi connectivity index (χ1n) is 8.03. The van der Waals surface area contributed by atoms with Crippen LogP contribution in [-0.4, -0.2) is 51.2 Å². The van der Waals surface area contributed by atoms with Gasteiger partial charge in [-0.2, -0.15) is 0 Å². The molecule has 1 aromatic carbocycles. The van der Waals surface area contributed by atoms with Gasteiger partial charge in [0.1, 0.15) is 0 Å². The van der Waals surface area contributed by atoms with Crippen molar-refractivity contribution >= 4 is 34.0 Å². The number of para-hydroxylation sites is 1. The Morgan fingerprint density at radius 1 is 1.25 bits per heavy atom. The predicted octanol–water partition coefficient (Wildman–Crippen LogP) is 2.08. The molecule has 1 aliphatic heterocycles. The average molecular weight is 376 g/mol. The van der Waals surface area contributed by atoms with Crippen molar-refractivity contribution in [2.45, 2.75) is 32.2 Å². The predicted molar refractivity (Wildman–Crippen MR) is 99.4 cm³/mol. The van der Waals surface area contributed by atoms with E-state index in [9.17, 15) is 13.2 Å². The van der Waals surface area contributed by atoms with Crippen molar-refractivity contribution in [3.05, 3.63) is 29.8 Å². The van der Waals surface area contributed by atoms with Gasteiger partial charge in [-0.25, -0.2) is 8.42 Å². The number of amides is 1. The Kier molecular flexibility index (Phi) is 7.99. The van der Waals surface area contributed by atoms with E-state index in [0.29, 0.717) is 36.8 Å². The number of likely N-dealkylation sites (tertiary alicyclic amines) is 1. The lowest BCUT2D eigenvalue weighted by atomic mass is 10.0. The molecule has 0 unspecified atom stereocenters. The van der Waals surface area contributed by atoms with E-state index in [4.69, 9.17) is 0 Å². The molecule has 1 aromatic rings. The summed E-state index contributed by atoms with van der Waals surface area (Å²) < 4.78 is 26.5. The van der Waals surface area contributed by atoms with Crippen LogP contribution in [0.15, 0.2) is 24.3 Å². The maximum Gasteiger partial charge on any atom is 0.255 e. The normalized spacial score (nSPS) is 15.7. The molecule has 1 aliphatic rings. The zero-order chi connectivity index (χ0) is 16.9. The van der Waals surface area contributed by atoms with Crippen LogP contribution in [-0.2, 0) is 10.0 Å². The summed E-state index contributed by atoms with van der Waals surface area (Å²) in [5.74, 6) is -0.0716. The second-order valence-corrected chi connectivity index (χ2v) is 7.66. The number of halogens is 1. The van der Waals surface area contributed by atoms with Crippen LogP contribution < -0.4 is 10.0 Å². The van der Waals surface area contributed by atoms with Gasteiger partial charge in [-0.15, -0.1) is 12.4 Å². The van der Waals surface area contributed by atoms with Crippen molar-refractivity contribution in [3.63, 3.8) is 0 Å². The lowest BCUT2D eigenvalue weighted by Crippen LogP contribution is -2.44. The van der Waals surface area contributed by atoms with Crippen LogP contribution in [0.1, 0.15) is 36.5 Å². The lowest BCUT2D eigenvalue weighted by Gasteiger charge is -2.32. The summed E-state index contributed by atoms with van der Waals surface area (Å²) in [5.41, 5.74) is 0.775. The molecule has 2 N–H and O–H groups in total. The monoisotopic (exact) mass is 375 g/mol. The highest BCUT2D eigenvalue weighted by Gasteiger charge is 2.25. The zero-order valence-electron chi connectivity index (χ0n) is 14.1. The van der Waals surface area contributed by atoms with Crippen LogP contribution in [0.25, 0.3) is 0 Å². The van der Waals surface area contributed by atoms with Crippen LogP contribution >= 0.6 is 12.4 Å². The smallest absolute Gasteiger partial charge is 0.255 e. The third-order valence-electron chi connectivity index (χ3n) is 4.09. The first-order chi connectivity index (χ1) is 11.0. The van der Waals surface area contributed by atoms with Gasteiger partial charge < -0.3 is 10.2 Å². The van der Waals surface area contributed by atoms with E-state index in [-0.39, 0.29) is 24.1 Å². The van der Waals surface area contributed by atoms with Gasteiger partial charge in [-0.05, 0) is 38.4 Å². The number of anilines is 1. The number of rotatable bonds is 6. The van der Waals surface area contributed by atoms with Gasteiger partial charge in [0.2, 0.25) is 10.0 Å². The molecule has 1 fully saturated rings. The number of nitrogens with one attached hydrogen (secondary N) is 2.